The maximum atomic E-state index is 12.0. The minimum Gasteiger partial charge on any atom is -0.339 e. The molecule has 2 aromatic carbocycles. The van der Waals surface area contributed by atoms with Crippen LogP contribution >= 0.6 is 24.8 Å². The molecule has 130 valence electrons. The minimum absolute atomic E-state index is 0. The Labute approximate surface area is 155 Å². The molecule has 3 N–H and O–H groups in total. The first-order valence-corrected chi connectivity index (χ1v) is 7.74. The van der Waals surface area contributed by atoms with Gasteiger partial charge in [0.1, 0.15) is 0 Å². The monoisotopic (exact) mass is 367 g/mol. The van der Waals surface area contributed by atoms with E-state index in [-0.39, 0.29) is 30.7 Å². The lowest BCUT2D eigenvalue weighted by Crippen LogP contribution is -2.18. The summed E-state index contributed by atoms with van der Waals surface area (Å²) >= 11 is 0. The second kappa shape index (κ2) is 9.52. The molecular weight excluding hydrogens is 345 g/mol. The minimum atomic E-state index is 0. The molecule has 0 aliphatic carbocycles. The molecule has 4 nitrogen and oxygen atoms in total. The van der Waals surface area contributed by atoms with Gasteiger partial charge in [-0.2, -0.15) is 0 Å². The number of nitrogens with two attached hydrogens (primary N) is 1. The Bertz CT molecular complexity index is 679. The fraction of sp³-hybridized carbons (Fsp3) is 0.278. The number of carbonyl (C=O) groups is 1. The highest BCUT2D eigenvalue weighted by Gasteiger charge is 2.22. The van der Waals surface area contributed by atoms with Gasteiger partial charge in [-0.25, -0.2) is 0 Å². The zero-order chi connectivity index (χ0) is 15.4. The fourth-order valence-electron chi connectivity index (χ4n) is 2.88. The molecule has 0 saturated heterocycles. The van der Waals surface area contributed by atoms with Crippen molar-refractivity contribution in [3.05, 3.63) is 54.1 Å². The predicted octanol–water partition coefficient (Wildman–Crippen LogP) is 3.90. The molecule has 2 aromatic rings. The lowest BCUT2D eigenvalue weighted by molar-refractivity contribution is -0.116. The summed E-state index contributed by atoms with van der Waals surface area (Å²) in [7, 11) is 0. The summed E-state index contributed by atoms with van der Waals surface area (Å²) in [5.41, 5.74) is 9.96. The molecule has 3 rings (SSSR count). The average Bonchev–Trinajstić information content (AvgIpc) is 2.97. The molecule has 0 spiro atoms. The van der Waals surface area contributed by atoms with E-state index in [1.807, 2.05) is 18.2 Å². The summed E-state index contributed by atoms with van der Waals surface area (Å²) < 4.78 is 0. The van der Waals surface area contributed by atoms with Gasteiger partial charge in [-0.05, 0) is 43.1 Å². The number of nitrogens with zero attached hydrogens (tertiary/aromatic N) is 1. The molecule has 0 radical (unpaired) electrons. The van der Waals surface area contributed by atoms with E-state index in [0.29, 0.717) is 19.4 Å². The van der Waals surface area contributed by atoms with Crippen LogP contribution in [0.15, 0.2) is 48.5 Å². The number of anilines is 3. The van der Waals surface area contributed by atoms with Gasteiger partial charge in [-0.1, -0.05) is 30.3 Å². The van der Waals surface area contributed by atoms with E-state index >= 15 is 0 Å². The number of nitrogens with one attached hydrogen (secondary N) is 1. The standard InChI is InChI=1S/C18H21N3O.2ClH/c19-12-5-10-18(22)20-15-7-2-4-9-17(15)21-13-11-14-6-1-3-8-16(14)21;;/h1-4,6-9H,5,10-13,19H2,(H,20,22);2*1H. The number of hydrogen-bond donors (Lipinski definition) is 2. The van der Waals surface area contributed by atoms with Crippen molar-refractivity contribution >= 4 is 47.8 Å². The Balaban J connectivity index is 0.00000144. The van der Waals surface area contributed by atoms with Crippen LogP contribution in [0.5, 0.6) is 0 Å². The number of amides is 1. The van der Waals surface area contributed by atoms with Gasteiger partial charge in [0.15, 0.2) is 0 Å². The Morgan fingerprint density at radius 3 is 2.46 bits per heavy atom. The predicted molar refractivity (Wildman–Crippen MR) is 105 cm³/mol. The molecular formula is C18H23Cl2N3O. The number of halogens is 2. The molecule has 1 aliphatic rings. The number of carbonyl (C=O) groups excluding carboxylic acids is 1. The average molecular weight is 368 g/mol. The summed E-state index contributed by atoms with van der Waals surface area (Å²) in [5, 5.41) is 3.02. The molecule has 0 fully saturated rings. The molecule has 6 heteroatoms. The molecule has 1 aliphatic heterocycles. The van der Waals surface area contributed by atoms with Gasteiger partial charge in [0.2, 0.25) is 5.91 Å². The summed E-state index contributed by atoms with van der Waals surface area (Å²) in [6, 6.07) is 16.4. The van der Waals surface area contributed by atoms with Gasteiger partial charge in [-0.15, -0.1) is 24.8 Å². The number of hydrogen-bond acceptors (Lipinski definition) is 3. The van der Waals surface area contributed by atoms with E-state index in [4.69, 9.17) is 5.73 Å². The number of rotatable bonds is 5. The van der Waals surface area contributed by atoms with E-state index in [1.54, 1.807) is 0 Å². The highest BCUT2D eigenvalue weighted by atomic mass is 35.5. The SMILES string of the molecule is Cl.Cl.NCCCC(=O)Nc1ccccc1N1CCc2ccccc21. The normalized spacial score (nSPS) is 12.0. The van der Waals surface area contributed by atoms with Crippen molar-refractivity contribution in [3.8, 4) is 0 Å². The van der Waals surface area contributed by atoms with Crippen LogP contribution in [0, 0.1) is 0 Å². The molecule has 0 atom stereocenters. The van der Waals surface area contributed by atoms with Crippen molar-refractivity contribution < 1.29 is 4.79 Å². The first kappa shape index (κ1) is 20.3. The van der Waals surface area contributed by atoms with E-state index in [2.05, 4.69) is 40.5 Å². The van der Waals surface area contributed by atoms with E-state index in [0.717, 1.165) is 24.3 Å². The fourth-order valence-corrected chi connectivity index (χ4v) is 2.88. The Hall–Kier alpha value is -1.75. The molecule has 0 bridgehead atoms. The summed E-state index contributed by atoms with van der Waals surface area (Å²) in [5.74, 6) is 0.0189. The van der Waals surface area contributed by atoms with Crippen LogP contribution in [0.1, 0.15) is 18.4 Å². The van der Waals surface area contributed by atoms with Gasteiger partial charge in [0.05, 0.1) is 11.4 Å². The van der Waals surface area contributed by atoms with Crippen LogP contribution in [0.2, 0.25) is 0 Å². The molecule has 24 heavy (non-hydrogen) atoms. The van der Waals surface area contributed by atoms with Crippen molar-refractivity contribution in [1.82, 2.24) is 0 Å². The second-order valence-electron chi connectivity index (χ2n) is 5.49. The molecule has 1 heterocycles. The first-order valence-electron chi connectivity index (χ1n) is 7.74. The Morgan fingerprint density at radius 2 is 1.71 bits per heavy atom. The summed E-state index contributed by atoms with van der Waals surface area (Å²) in [6.07, 6.45) is 2.20. The maximum Gasteiger partial charge on any atom is 0.224 e. The summed E-state index contributed by atoms with van der Waals surface area (Å²) in [6.45, 7) is 1.48. The Kier molecular flexibility index (Phi) is 8.05. The van der Waals surface area contributed by atoms with E-state index in [9.17, 15) is 4.79 Å². The lowest BCUT2D eigenvalue weighted by atomic mass is 10.1. The van der Waals surface area contributed by atoms with Gasteiger partial charge >= 0.3 is 0 Å². The van der Waals surface area contributed by atoms with Crippen molar-refractivity contribution in [1.29, 1.82) is 0 Å². The van der Waals surface area contributed by atoms with Crippen molar-refractivity contribution in [2.45, 2.75) is 19.3 Å². The maximum absolute atomic E-state index is 12.0. The molecule has 0 unspecified atom stereocenters. The largest absolute Gasteiger partial charge is 0.339 e. The van der Waals surface area contributed by atoms with Crippen LogP contribution in [0.4, 0.5) is 17.1 Å². The van der Waals surface area contributed by atoms with Crippen LogP contribution in [-0.2, 0) is 11.2 Å². The molecule has 1 amide bonds. The second-order valence-corrected chi connectivity index (χ2v) is 5.49. The van der Waals surface area contributed by atoms with Crippen molar-refractivity contribution in [2.24, 2.45) is 5.73 Å². The van der Waals surface area contributed by atoms with Crippen LogP contribution < -0.4 is 16.0 Å². The van der Waals surface area contributed by atoms with E-state index in [1.165, 1.54) is 11.3 Å². The van der Waals surface area contributed by atoms with Gasteiger partial charge in [0.25, 0.3) is 0 Å². The van der Waals surface area contributed by atoms with Gasteiger partial charge in [0, 0.05) is 18.7 Å². The highest BCUT2D eigenvalue weighted by molar-refractivity contribution is 5.95. The third-order valence-corrected chi connectivity index (χ3v) is 3.96. The third-order valence-electron chi connectivity index (χ3n) is 3.96. The zero-order valence-corrected chi connectivity index (χ0v) is 15.0. The van der Waals surface area contributed by atoms with Crippen LogP contribution in [0.25, 0.3) is 0 Å². The van der Waals surface area contributed by atoms with Gasteiger partial charge in [-0.3, -0.25) is 4.79 Å². The topological polar surface area (TPSA) is 58.4 Å². The zero-order valence-electron chi connectivity index (χ0n) is 13.4. The highest BCUT2D eigenvalue weighted by Crippen LogP contribution is 2.38. The van der Waals surface area contributed by atoms with Crippen LogP contribution in [-0.4, -0.2) is 19.0 Å². The molecule has 0 aromatic heterocycles. The lowest BCUT2D eigenvalue weighted by Gasteiger charge is -2.23. The van der Waals surface area contributed by atoms with Crippen molar-refractivity contribution in [3.63, 3.8) is 0 Å². The van der Waals surface area contributed by atoms with Crippen molar-refractivity contribution in [2.75, 3.05) is 23.3 Å². The third kappa shape index (κ3) is 4.41. The Morgan fingerprint density at radius 1 is 1.04 bits per heavy atom. The molecule has 0 saturated carbocycles. The quantitative estimate of drug-likeness (QED) is 0.842. The van der Waals surface area contributed by atoms with Crippen LogP contribution in [0.3, 0.4) is 0 Å². The smallest absolute Gasteiger partial charge is 0.224 e. The first-order chi connectivity index (χ1) is 10.8. The number of fused-ring (bicyclic) bond motifs is 1. The van der Waals surface area contributed by atoms with Gasteiger partial charge < -0.3 is 16.0 Å². The van der Waals surface area contributed by atoms with E-state index < -0.39 is 0 Å². The number of benzene rings is 2. The number of para-hydroxylation sites is 3. The summed E-state index contributed by atoms with van der Waals surface area (Å²) in [4.78, 5) is 14.3.